The Kier molecular flexibility index (Phi) is 5.15. The average Bonchev–Trinajstić information content (AvgIpc) is 3.13. The van der Waals surface area contributed by atoms with Crippen molar-refractivity contribution in [1.82, 2.24) is 14.5 Å². The van der Waals surface area contributed by atoms with E-state index in [-0.39, 0.29) is 23.6 Å². The van der Waals surface area contributed by atoms with Crippen molar-refractivity contribution >= 4 is 11.6 Å². The largest absolute Gasteiger partial charge is 0.417 e. The molecule has 1 aliphatic rings. The Morgan fingerprint density at radius 2 is 1.87 bits per heavy atom. The molecular weight excluding hydrogens is 404 g/mol. The monoisotopic (exact) mass is 420 g/mol. The van der Waals surface area contributed by atoms with E-state index in [1.54, 1.807) is 23.6 Å². The first kappa shape index (κ1) is 19.9. The molecule has 0 saturated carbocycles. The number of benzene rings is 1. The highest BCUT2D eigenvalue weighted by Gasteiger charge is 2.30. The van der Waals surface area contributed by atoms with E-state index in [1.165, 1.54) is 24.3 Å². The number of ether oxygens (including phenoxy) is 1. The van der Waals surface area contributed by atoms with Gasteiger partial charge in [-0.05, 0) is 43.5 Å². The fourth-order valence-electron chi connectivity index (χ4n) is 3.56. The molecule has 0 aliphatic carbocycles. The van der Waals surface area contributed by atoms with Gasteiger partial charge in [0.2, 0.25) is 17.6 Å². The maximum Gasteiger partial charge on any atom is 0.388 e. The van der Waals surface area contributed by atoms with E-state index in [4.69, 9.17) is 0 Å². The standard InChI is InChI=1S/C20H16F4N4O2/c1-10-13(6-9-16(25-10)30-19(23)24)26-20-27-18(29)17(22)15-8-7-14(28(15)20)11-2-4-12(21)5-3-11/h2-6,9,14,19H,7-8H2,1H3,(H,26,27,29). The molecule has 2 aromatic heterocycles. The van der Waals surface area contributed by atoms with E-state index in [9.17, 15) is 22.4 Å². The number of halogens is 4. The lowest BCUT2D eigenvalue weighted by atomic mass is 10.0. The smallest absolute Gasteiger partial charge is 0.388 e. The summed E-state index contributed by atoms with van der Waals surface area (Å²) in [5, 5.41) is 2.94. The maximum absolute atomic E-state index is 14.4. The summed E-state index contributed by atoms with van der Waals surface area (Å²) < 4.78 is 58.3. The van der Waals surface area contributed by atoms with Gasteiger partial charge < -0.3 is 14.6 Å². The zero-order valence-electron chi connectivity index (χ0n) is 15.7. The van der Waals surface area contributed by atoms with E-state index in [0.717, 1.165) is 5.56 Å². The molecule has 1 N–H and O–H groups in total. The van der Waals surface area contributed by atoms with Gasteiger partial charge in [-0.15, -0.1) is 0 Å². The van der Waals surface area contributed by atoms with Crippen LogP contribution in [0.5, 0.6) is 5.88 Å². The van der Waals surface area contributed by atoms with Crippen LogP contribution in [0.2, 0.25) is 0 Å². The molecule has 3 heterocycles. The summed E-state index contributed by atoms with van der Waals surface area (Å²) >= 11 is 0. The Morgan fingerprint density at radius 3 is 2.53 bits per heavy atom. The lowest BCUT2D eigenvalue weighted by Crippen LogP contribution is -2.23. The summed E-state index contributed by atoms with van der Waals surface area (Å²) in [5.41, 5.74) is 0.618. The highest BCUT2D eigenvalue weighted by molar-refractivity contribution is 5.58. The summed E-state index contributed by atoms with van der Waals surface area (Å²) in [7, 11) is 0. The minimum absolute atomic E-state index is 0.0793. The second kappa shape index (κ2) is 7.77. The number of rotatable bonds is 5. The summed E-state index contributed by atoms with van der Waals surface area (Å²) in [6, 6.07) is 8.14. The number of nitrogens with one attached hydrogen (secondary N) is 1. The van der Waals surface area contributed by atoms with Gasteiger partial charge in [0.1, 0.15) is 5.82 Å². The molecule has 0 radical (unpaired) electrons. The van der Waals surface area contributed by atoms with Gasteiger partial charge in [0, 0.05) is 6.07 Å². The zero-order chi connectivity index (χ0) is 21.4. The van der Waals surface area contributed by atoms with Crippen LogP contribution in [-0.2, 0) is 6.42 Å². The van der Waals surface area contributed by atoms with Crippen LogP contribution in [0, 0.1) is 18.6 Å². The number of alkyl halides is 2. The summed E-state index contributed by atoms with van der Waals surface area (Å²) in [4.78, 5) is 19.8. The first-order valence-electron chi connectivity index (χ1n) is 9.09. The van der Waals surface area contributed by atoms with Crippen LogP contribution >= 0.6 is 0 Å². The molecule has 10 heteroatoms. The topological polar surface area (TPSA) is 69.0 Å². The summed E-state index contributed by atoms with van der Waals surface area (Å²) in [6.07, 6.45) is 0.805. The Balaban J connectivity index is 1.75. The molecule has 0 fully saturated rings. The first-order chi connectivity index (χ1) is 14.3. The lowest BCUT2D eigenvalue weighted by molar-refractivity contribution is -0.0529. The number of fused-ring (bicyclic) bond motifs is 1. The molecule has 156 valence electrons. The van der Waals surface area contributed by atoms with E-state index < -0.39 is 23.8 Å². The first-order valence-corrected chi connectivity index (χ1v) is 9.09. The van der Waals surface area contributed by atoms with Crippen LogP contribution in [0.3, 0.4) is 0 Å². The Morgan fingerprint density at radius 1 is 1.13 bits per heavy atom. The van der Waals surface area contributed by atoms with Crippen molar-refractivity contribution in [3.05, 3.63) is 75.3 Å². The van der Waals surface area contributed by atoms with Crippen molar-refractivity contribution in [1.29, 1.82) is 0 Å². The molecule has 6 nitrogen and oxygen atoms in total. The van der Waals surface area contributed by atoms with Crippen LogP contribution < -0.4 is 15.6 Å². The molecule has 1 aliphatic heterocycles. The Bertz CT molecular complexity index is 1150. The SMILES string of the molecule is Cc1nc(OC(F)F)ccc1Nc1nc(=O)c(F)c2n1C(c1ccc(F)cc1)CC2. The molecule has 1 unspecified atom stereocenters. The zero-order valence-corrected chi connectivity index (χ0v) is 15.7. The van der Waals surface area contributed by atoms with Crippen molar-refractivity contribution < 1.29 is 22.3 Å². The highest BCUT2D eigenvalue weighted by atomic mass is 19.3. The fraction of sp³-hybridized carbons (Fsp3) is 0.250. The van der Waals surface area contributed by atoms with Crippen LogP contribution in [-0.4, -0.2) is 21.1 Å². The average molecular weight is 420 g/mol. The summed E-state index contributed by atoms with van der Waals surface area (Å²) in [6.45, 7) is -1.45. The number of aromatic nitrogens is 3. The molecule has 3 aromatic rings. The van der Waals surface area contributed by atoms with Crippen molar-refractivity contribution in [2.24, 2.45) is 0 Å². The molecule has 0 saturated heterocycles. The van der Waals surface area contributed by atoms with E-state index >= 15 is 0 Å². The molecule has 0 amide bonds. The van der Waals surface area contributed by atoms with Gasteiger partial charge in [-0.25, -0.2) is 9.37 Å². The van der Waals surface area contributed by atoms with Gasteiger partial charge >= 0.3 is 12.2 Å². The van der Waals surface area contributed by atoms with Gasteiger partial charge in [-0.3, -0.25) is 4.79 Å². The predicted octanol–water partition coefficient (Wildman–Crippen LogP) is 4.11. The normalized spacial score (nSPS) is 15.3. The number of aryl methyl sites for hydroxylation is 1. The minimum atomic E-state index is -3.01. The van der Waals surface area contributed by atoms with Crippen LogP contribution in [0.25, 0.3) is 0 Å². The summed E-state index contributed by atoms with van der Waals surface area (Å²) in [5.74, 6) is -1.50. The van der Waals surface area contributed by atoms with Crippen molar-refractivity contribution in [2.45, 2.75) is 32.4 Å². The maximum atomic E-state index is 14.4. The third-order valence-electron chi connectivity index (χ3n) is 4.91. The van der Waals surface area contributed by atoms with Crippen molar-refractivity contribution in [3.63, 3.8) is 0 Å². The number of hydrogen-bond acceptors (Lipinski definition) is 5. The van der Waals surface area contributed by atoms with Crippen molar-refractivity contribution in [2.75, 3.05) is 5.32 Å². The van der Waals surface area contributed by atoms with Crippen LogP contribution in [0.15, 0.2) is 41.2 Å². The quantitative estimate of drug-likeness (QED) is 0.630. The molecule has 1 aromatic carbocycles. The third kappa shape index (κ3) is 3.72. The van der Waals surface area contributed by atoms with Gasteiger partial charge in [0.05, 0.1) is 23.1 Å². The molecule has 1 atom stereocenters. The number of nitrogens with zero attached hydrogens (tertiary/aromatic N) is 3. The van der Waals surface area contributed by atoms with Gasteiger partial charge in [0.15, 0.2) is 0 Å². The number of hydrogen-bond donors (Lipinski definition) is 1. The Labute approximate surface area is 168 Å². The van der Waals surface area contributed by atoms with Crippen LogP contribution in [0.1, 0.15) is 29.4 Å². The van der Waals surface area contributed by atoms with E-state index in [2.05, 4.69) is 20.0 Å². The van der Waals surface area contributed by atoms with E-state index in [0.29, 0.717) is 24.2 Å². The molecule has 30 heavy (non-hydrogen) atoms. The lowest BCUT2D eigenvalue weighted by Gasteiger charge is -2.21. The fourth-order valence-corrected chi connectivity index (χ4v) is 3.56. The van der Waals surface area contributed by atoms with Gasteiger partial charge in [0.25, 0.3) is 0 Å². The van der Waals surface area contributed by atoms with Crippen LogP contribution in [0.4, 0.5) is 29.2 Å². The number of anilines is 2. The second-order valence-corrected chi connectivity index (χ2v) is 6.76. The van der Waals surface area contributed by atoms with Gasteiger partial charge in [-0.1, -0.05) is 12.1 Å². The predicted molar refractivity (Wildman–Crippen MR) is 100 cm³/mol. The highest BCUT2D eigenvalue weighted by Crippen LogP contribution is 2.35. The van der Waals surface area contributed by atoms with Gasteiger partial charge in [-0.2, -0.15) is 18.2 Å². The molecule has 4 rings (SSSR count). The molecular formula is C20H16F4N4O2. The van der Waals surface area contributed by atoms with E-state index in [1.807, 2.05) is 0 Å². The van der Waals surface area contributed by atoms with Crippen molar-refractivity contribution in [3.8, 4) is 5.88 Å². The molecule has 0 spiro atoms. The third-order valence-corrected chi connectivity index (χ3v) is 4.91. The number of pyridine rings is 1. The molecule has 0 bridgehead atoms. The Hall–Kier alpha value is -3.43. The second-order valence-electron chi connectivity index (χ2n) is 6.76. The minimum Gasteiger partial charge on any atom is -0.417 e.